The first-order valence-corrected chi connectivity index (χ1v) is 7.31. The highest BCUT2D eigenvalue weighted by molar-refractivity contribution is 7.10. The van der Waals surface area contributed by atoms with Gasteiger partial charge in [-0.2, -0.15) is 5.26 Å². The van der Waals surface area contributed by atoms with Gasteiger partial charge in [0, 0.05) is 23.2 Å². The summed E-state index contributed by atoms with van der Waals surface area (Å²) in [5, 5.41) is 16.3. The first kappa shape index (κ1) is 15.5. The number of carbonyl (C=O) groups is 2. The molecular formula is C16H13N3O2S. The lowest BCUT2D eigenvalue weighted by atomic mass is 10.2. The number of hydrogen-bond donors (Lipinski definition) is 2. The Morgan fingerprint density at radius 1 is 1.14 bits per heavy atom. The highest BCUT2D eigenvalue weighted by Gasteiger charge is 2.09. The van der Waals surface area contributed by atoms with E-state index >= 15 is 0 Å². The Morgan fingerprint density at radius 2 is 1.77 bits per heavy atom. The maximum Gasteiger partial charge on any atom is 0.266 e. The Labute approximate surface area is 131 Å². The van der Waals surface area contributed by atoms with Gasteiger partial charge >= 0.3 is 0 Å². The van der Waals surface area contributed by atoms with Gasteiger partial charge in [0.05, 0.1) is 0 Å². The molecule has 0 aliphatic rings. The SMILES string of the molecule is CC(=O)Nc1ccc(NC(=O)/C(C#N)=C/c2cccs2)cc1. The van der Waals surface area contributed by atoms with Gasteiger partial charge in [0.2, 0.25) is 5.91 Å². The standard InChI is InChI=1S/C16H13N3O2S/c1-11(20)18-13-4-6-14(7-5-13)19-16(21)12(10-17)9-15-3-2-8-22-15/h2-9H,1H3,(H,18,20)(H,19,21)/b12-9+. The first-order valence-electron chi connectivity index (χ1n) is 6.43. The smallest absolute Gasteiger partial charge is 0.266 e. The number of carbonyl (C=O) groups excluding carboxylic acids is 2. The van der Waals surface area contributed by atoms with Crippen LogP contribution in [0.4, 0.5) is 11.4 Å². The minimum Gasteiger partial charge on any atom is -0.326 e. The molecule has 1 aromatic heterocycles. The Hall–Kier alpha value is -2.91. The van der Waals surface area contributed by atoms with Crippen LogP contribution in [-0.2, 0) is 9.59 Å². The summed E-state index contributed by atoms with van der Waals surface area (Å²) in [5.74, 6) is -0.634. The molecule has 0 bridgehead atoms. The van der Waals surface area contributed by atoms with Crippen molar-refractivity contribution in [3.63, 3.8) is 0 Å². The molecule has 0 atom stereocenters. The summed E-state index contributed by atoms with van der Waals surface area (Å²) in [6.07, 6.45) is 1.55. The Balaban J connectivity index is 2.07. The van der Waals surface area contributed by atoms with Gasteiger partial charge in [-0.15, -0.1) is 11.3 Å². The minimum atomic E-state index is -0.469. The monoisotopic (exact) mass is 311 g/mol. The van der Waals surface area contributed by atoms with E-state index in [0.717, 1.165) is 4.88 Å². The third-order valence-electron chi connectivity index (χ3n) is 2.66. The number of anilines is 2. The summed E-state index contributed by atoms with van der Waals surface area (Å²) in [6, 6.07) is 12.2. The van der Waals surface area contributed by atoms with Gasteiger partial charge in [-0.25, -0.2) is 0 Å². The molecule has 0 aliphatic heterocycles. The first-order chi connectivity index (χ1) is 10.6. The van der Waals surface area contributed by atoms with Gasteiger partial charge in [0.1, 0.15) is 11.6 Å². The minimum absolute atomic E-state index is 0.0355. The maximum absolute atomic E-state index is 12.1. The molecule has 0 unspecified atom stereocenters. The van der Waals surface area contributed by atoms with Crippen LogP contribution < -0.4 is 10.6 Å². The lowest BCUT2D eigenvalue weighted by Crippen LogP contribution is -2.13. The number of nitrogens with one attached hydrogen (secondary N) is 2. The van der Waals surface area contributed by atoms with Crippen LogP contribution in [0.15, 0.2) is 47.4 Å². The highest BCUT2D eigenvalue weighted by atomic mass is 32.1. The molecule has 0 aliphatic carbocycles. The average molecular weight is 311 g/mol. The number of benzene rings is 1. The molecule has 5 nitrogen and oxygen atoms in total. The van der Waals surface area contributed by atoms with Crippen LogP contribution >= 0.6 is 11.3 Å². The summed E-state index contributed by atoms with van der Waals surface area (Å²) in [7, 11) is 0. The molecule has 22 heavy (non-hydrogen) atoms. The number of amides is 2. The second kappa shape index (κ2) is 7.20. The Kier molecular flexibility index (Phi) is 5.07. The molecule has 6 heteroatoms. The normalized spacial score (nSPS) is 10.6. The van der Waals surface area contributed by atoms with Crippen LogP contribution in [0.5, 0.6) is 0 Å². The van der Waals surface area contributed by atoms with Crippen LogP contribution in [0.25, 0.3) is 6.08 Å². The molecule has 2 N–H and O–H groups in total. The highest BCUT2D eigenvalue weighted by Crippen LogP contribution is 2.16. The van der Waals surface area contributed by atoms with Crippen LogP contribution in [0.2, 0.25) is 0 Å². The fourth-order valence-corrected chi connectivity index (χ4v) is 2.36. The van der Waals surface area contributed by atoms with Crippen molar-refractivity contribution in [1.82, 2.24) is 0 Å². The van der Waals surface area contributed by atoms with E-state index in [1.54, 1.807) is 30.3 Å². The molecular weight excluding hydrogens is 298 g/mol. The second-order valence-electron chi connectivity index (χ2n) is 4.40. The zero-order chi connectivity index (χ0) is 15.9. The number of hydrogen-bond acceptors (Lipinski definition) is 4. The molecule has 1 aromatic carbocycles. The average Bonchev–Trinajstić information content (AvgIpc) is 2.99. The van der Waals surface area contributed by atoms with Crippen molar-refractivity contribution in [3.8, 4) is 6.07 Å². The van der Waals surface area contributed by atoms with Gasteiger partial charge in [-0.1, -0.05) is 6.07 Å². The zero-order valence-electron chi connectivity index (χ0n) is 11.8. The number of nitriles is 1. The van der Waals surface area contributed by atoms with Gasteiger partial charge in [-0.3, -0.25) is 9.59 Å². The van der Waals surface area contributed by atoms with Crippen LogP contribution in [-0.4, -0.2) is 11.8 Å². The predicted octanol–water partition coefficient (Wildman–Crippen LogP) is 3.25. The largest absolute Gasteiger partial charge is 0.326 e. The van der Waals surface area contributed by atoms with E-state index in [4.69, 9.17) is 5.26 Å². The van der Waals surface area contributed by atoms with E-state index in [1.807, 2.05) is 23.6 Å². The number of thiophene rings is 1. The van der Waals surface area contributed by atoms with E-state index in [2.05, 4.69) is 10.6 Å². The van der Waals surface area contributed by atoms with Crippen molar-refractivity contribution in [3.05, 3.63) is 52.2 Å². The molecule has 110 valence electrons. The van der Waals surface area contributed by atoms with Gasteiger partial charge in [-0.05, 0) is 41.8 Å². The Morgan fingerprint density at radius 3 is 2.27 bits per heavy atom. The third kappa shape index (κ3) is 4.30. The zero-order valence-corrected chi connectivity index (χ0v) is 12.6. The van der Waals surface area contributed by atoms with Crippen molar-refractivity contribution < 1.29 is 9.59 Å². The van der Waals surface area contributed by atoms with E-state index in [0.29, 0.717) is 11.4 Å². The summed E-state index contributed by atoms with van der Waals surface area (Å²) >= 11 is 1.45. The molecule has 2 amide bonds. The topological polar surface area (TPSA) is 82.0 Å². The molecule has 2 aromatic rings. The van der Waals surface area contributed by atoms with Crippen molar-refractivity contribution in [2.75, 3.05) is 10.6 Å². The molecule has 0 saturated carbocycles. The van der Waals surface area contributed by atoms with Gasteiger partial charge in [0.25, 0.3) is 5.91 Å². The van der Waals surface area contributed by atoms with E-state index in [1.165, 1.54) is 18.3 Å². The van der Waals surface area contributed by atoms with E-state index in [-0.39, 0.29) is 11.5 Å². The predicted molar refractivity (Wildman–Crippen MR) is 87.3 cm³/mol. The summed E-state index contributed by atoms with van der Waals surface area (Å²) in [4.78, 5) is 23.8. The lowest BCUT2D eigenvalue weighted by molar-refractivity contribution is -0.114. The number of rotatable bonds is 4. The molecule has 0 spiro atoms. The van der Waals surface area contributed by atoms with E-state index in [9.17, 15) is 9.59 Å². The third-order valence-corrected chi connectivity index (χ3v) is 3.48. The lowest BCUT2D eigenvalue weighted by Gasteiger charge is -2.06. The molecule has 0 saturated heterocycles. The van der Waals surface area contributed by atoms with Crippen molar-refractivity contribution >= 4 is 40.6 Å². The van der Waals surface area contributed by atoms with Crippen molar-refractivity contribution in [2.45, 2.75) is 6.92 Å². The fourth-order valence-electron chi connectivity index (χ4n) is 1.70. The van der Waals surface area contributed by atoms with Crippen molar-refractivity contribution in [2.24, 2.45) is 0 Å². The van der Waals surface area contributed by atoms with Crippen molar-refractivity contribution in [1.29, 1.82) is 5.26 Å². The molecule has 0 fully saturated rings. The van der Waals surface area contributed by atoms with Crippen LogP contribution in [0.1, 0.15) is 11.8 Å². The molecule has 2 rings (SSSR count). The summed E-state index contributed by atoms with van der Waals surface area (Å²) in [5.41, 5.74) is 1.22. The van der Waals surface area contributed by atoms with Crippen LogP contribution in [0.3, 0.4) is 0 Å². The van der Waals surface area contributed by atoms with Gasteiger partial charge in [0.15, 0.2) is 0 Å². The van der Waals surface area contributed by atoms with Crippen LogP contribution in [0, 0.1) is 11.3 Å². The van der Waals surface area contributed by atoms with Gasteiger partial charge < -0.3 is 10.6 Å². The summed E-state index contributed by atoms with van der Waals surface area (Å²) < 4.78 is 0. The van der Waals surface area contributed by atoms with E-state index < -0.39 is 5.91 Å². The fraction of sp³-hybridized carbons (Fsp3) is 0.0625. The quantitative estimate of drug-likeness (QED) is 0.671. The summed E-state index contributed by atoms with van der Waals surface area (Å²) in [6.45, 7) is 1.42. The maximum atomic E-state index is 12.1. The molecule has 0 radical (unpaired) electrons. The Bertz CT molecular complexity index is 741. The second-order valence-corrected chi connectivity index (χ2v) is 5.38. The molecule has 1 heterocycles. The number of nitrogens with zero attached hydrogens (tertiary/aromatic N) is 1.